The normalized spacial score (nSPS) is 19.5. The van der Waals surface area contributed by atoms with Gasteiger partial charge in [0.15, 0.2) is 0 Å². The van der Waals surface area contributed by atoms with E-state index in [1.165, 1.54) is 35.2 Å². The van der Waals surface area contributed by atoms with Gasteiger partial charge in [0.2, 0.25) is 5.91 Å². The van der Waals surface area contributed by atoms with Gasteiger partial charge in [0, 0.05) is 6.04 Å². The third-order valence-electron chi connectivity index (χ3n) is 4.82. The number of rotatable bonds is 4. The summed E-state index contributed by atoms with van der Waals surface area (Å²) in [5.74, 6) is -2.77. The molecule has 3 amide bonds. The summed E-state index contributed by atoms with van der Waals surface area (Å²) in [5, 5.41) is 0. The smallest absolute Gasteiger partial charge is 0.257 e. The molecule has 7 heteroatoms. The first kappa shape index (κ1) is 17.3. The second kappa shape index (κ2) is 6.57. The van der Waals surface area contributed by atoms with Crippen LogP contribution in [0.2, 0.25) is 0 Å². The molecule has 2 aromatic carbocycles. The zero-order chi connectivity index (χ0) is 19.1. The number of benzene rings is 2. The summed E-state index contributed by atoms with van der Waals surface area (Å²) in [6.45, 7) is 0. The SMILES string of the molecule is O=C1CC(N(C(=O)c2ccccc2F)C2CC2)C(=O)N1c1ccc(F)cc1. The van der Waals surface area contributed by atoms with Crippen LogP contribution >= 0.6 is 0 Å². The van der Waals surface area contributed by atoms with Gasteiger partial charge in [-0.1, -0.05) is 12.1 Å². The highest BCUT2D eigenvalue weighted by Crippen LogP contribution is 2.35. The lowest BCUT2D eigenvalue weighted by Gasteiger charge is -2.27. The lowest BCUT2D eigenvalue weighted by Crippen LogP contribution is -2.47. The number of anilines is 1. The molecule has 1 saturated heterocycles. The molecule has 1 heterocycles. The summed E-state index contributed by atoms with van der Waals surface area (Å²) in [5.41, 5.74) is 0.132. The zero-order valence-corrected chi connectivity index (χ0v) is 14.3. The van der Waals surface area contributed by atoms with Crippen molar-refractivity contribution in [3.8, 4) is 0 Å². The summed E-state index contributed by atoms with van der Waals surface area (Å²) < 4.78 is 27.2. The van der Waals surface area contributed by atoms with E-state index in [4.69, 9.17) is 0 Å². The van der Waals surface area contributed by atoms with Crippen molar-refractivity contribution in [2.45, 2.75) is 31.3 Å². The summed E-state index contributed by atoms with van der Waals surface area (Å²) >= 11 is 0. The number of halogens is 2. The molecule has 1 aliphatic heterocycles. The van der Waals surface area contributed by atoms with Gasteiger partial charge in [0.05, 0.1) is 17.7 Å². The Kier molecular flexibility index (Phi) is 4.22. The molecule has 138 valence electrons. The van der Waals surface area contributed by atoms with Crippen LogP contribution in [0.4, 0.5) is 14.5 Å². The van der Waals surface area contributed by atoms with Gasteiger partial charge in [0.1, 0.15) is 17.7 Å². The van der Waals surface area contributed by atoms with Crippen molar-refractivity contribution in [2.24, 2.45) is 0 Å². The molecule has 2 aromatic rings. The second-order valence-corrected chi connectivity index (χ2v) is 6.69. The molecule has 0 bridgehead atoms. The second-order valence-electron chi connectivity index (χ2n) is 6.69. The lowest BCUT2D eigenvalue weighted by atomic mass is 10.1. The monoisotopic (exact) mass is 370 g/mol. The topological polar surface area (TPSA) is 57.7 Å². The quantitative estimate of drug-likeness (QED) is 0.778. The van der Waals surface area contributed by atoms with Gasteiger partial charge in [-0.25, -0.2) is 13.7 Å². The predicted octanol–water partition coefficient (Wildman–Crippen LogP) is 2.90. The maximum absolute atomic E-state index is 14.1. The number of amides is 3. The van der Waals surface area contributed by atoms with Gasteiger partial charge in [-0.15, -0.1) is 0 Å². The Bertz CT molecular complexity index is 925. The van der Waals surface area contributed by atoms with Gasteiger partial charge in [-0.05, 0) is 49.2 Å². The minimum atomic E-state index is -0.984. The van der Waals surface area contributed by atoms with Crippen LogP contribution in [0.15, 0.2) is 48.5 Å². The van der Waals surface area contributed by atoms with Crippen LogP contribution < -0.4 is 4.90 Å². The van der Waals surface area contributed by atoms with Crippen LogP contribution in [0, 0.1) is 11.6 Å². The average molecular weight is 370 g/mol. The lowest BCUT2D eigenvalue weighted by molar-refractivity contribution is -0.122. The van der Waals surface area contributed by atoms with E-state index < -0.39 is 35.4 Å². The van der Waals surface area contributed by atoms with Crippen molar-refractivity contribution in [3.05, 3.63) is 65.7 Å². The van der Waals surface area contributed by atoms with E-state index >= 15 is 0 Å². The van der Waals surface area contributed by atoms with Crippen LogP contribution in [-0.2, 0) is 9.59 Å². The van der Waals surface area contributed by atoms with E-state index in [2.05, 4.69) is 0 Å². The van der Waals surface area contributed by atoms with Crippen LogP contribution in [0.3, 0.4) is 0 Å². The number of carbonyl (C=O) groups excluding carboxylic acids is 3. The molecule has 1 saturated carbocycles. The summed E-state index contributed by atoms with van der Waals surface area (Å²) in [6, 6.07) is 9.41. The van der Waals surface area contributed by atoms with Crippen LogP contribution in [0.1, 0.15) is 29.6 Å². The van der Waals surface area contributed by atoms with Gasteiger partial charge in [-0.3, -0.25) is 14.4 Å². The van der Waals surface area contributed by atoms with E-state index in [0.717, 1.165) is 17.0 Å². The largest absolute Gasteiger partial charge is 0.323 e. The van der Waals surface area contributed by atoms with Gasteiger partial charge in [0.25, 0.3) is 11.8 Å². The van der Waals surface area contributed by atoms with E-state index in [1.807, 2.05) is 0 Å². The highest BCUT2D eigenvalue weighted by Gasteiger charge is 2.49. The van der Waals surface area contributed by atoms with Crippen LogP contribution in [0.25, 0.3) is 0 Å². The Morgan fingerprint density at radius 2 is 1.67 bits per heavy atom. The molecule has 0 N–H and O–H groups in total. The Morgan fingerprint density at radius 3 is 2.30 bits per heavy atom. The molecule has 27 heavy (non-hydrogen) atoms. The van der Waals surface area contributed by atoms with Crippen molar-refractivity contribution < 1.29 is 23.2 Å². The number of nitrogens with zero attached hydrogens (tertiary/aromatic N) is 2. The van der Waals surface area contributed by atoms with Crippen molar-refractivity contribution in [1.82, 2.24) is 4.90 Å². The maximum Gasteiger partial charge on any atom is 0.257 e. The van der Waals surface area contributed by atoms with E-state index in [0.29, 0.717) is 12.8 Å². The molecule has 0 aromatic heterocycles. The molecule has 1 atom stereocenters. The minimum absolute atomic E-state index is 0.120. The van der Waals surface area contributed by atoms with Crippen molar-refractivity contribution in [3.63, 3.8) is 0 Å². The van der Waals surface area contributed by atoms with E-state index in [9.17, 15) is 23.2 Å². The fourth-order valence-corrected chi connectivity index (χ4v) is 3.38. The first-order chi connectivity index (χ1) is 13.0. The minimum Gasteiger partial charge on any atom is -0.323 e. The zero-order valence-electron chi connectivity index (χ0n) is 14.3. The molecule has 2 fully saturated rings. The number of carbonyl (C=O) groups is 3. The van der Waals surface area contributed by atoms with E-state index in [1.54, 1.807) is 6.07 Å². The molecule has 1 unspecified atom stereocenters. The number of hydrogen-bond donors (Lipinski definition) is 0. The van der Waals surface area contributed by atoms with Gasteiger partial charge >= 0.3 is 0 Å². The fraction of sp³-hybridized carbons (Fsp3) is 0.250. The van der Waals surface area contributed by atoms with Crippen molar-refractivity contribution >= 4 is 23.4 Å². The third kappa shape index (κ3) is 3.09. The highest BCUT2D eigenvalue weighted by molar-refractivity contribution is 6.23. The van der Waals surface area contributed by atoms with Gasteiger partial charge < -0.3 is 4.90 Å². The first-order valence-electron chi connectivity index (χ1n) is 8.67. The van der Waals surface area contributed by atoms with E-state index in [-0.39, 0.29) is 23.7 Å². The van der Waals surface area contributed by atoms with Crippen molar-refractivity contribution in [2.75, 3.05) is 4.90 Å². The summed E-state index contributed by atoms with van der Waals surface area (Å²) in [6.07, 6.45) is 1.23. The first-order valence-corrected chi connectivity index (χ1v) is 8.67. The third-order valence-corrected chi connectivity index (χ3v) is 4.82. The molecular weight excluding hydrogens is 354 g/mol. The van der Waals surface area contributed by atoms with Gasteiger partial charge in [-0.2, -0.15) is 0 Å². The number of imide groups is 1. The molecule has 0 radical (unpaired) electrons. The highest BCUT2D eigenvalue weighted by atomic mass is 19.1. The number of hydrogen-bond acceptors (Lipinski definition) is 3. The standard InChI is InChI=1S/C20H16F2N2O3/c21-12-5-7-14(8-6-12)24-18(25)11-17(20(24)27)23(13-9-10-13)19(26)15-3-1-2-4-16(15)22/h1-8,13,17H,9-11H2. The Balaban J connectivity index is 1.65. The fourth-order valence-electron chi connectivity index (χ4n) is 3.38. The van der Waals surface area contributed by atoms with Crippen LogP contribution in [-0.4, -0.2) is 34.7 Å². The van der Waals surface area contributed by atoms with Crippen LogP contribution in [0.5, 0.6) is 0 Å². The molecule has 2 aliphatic rings. The van der Waals surface area contributed by atoms with Crippen molar-refractivity contribution in [1.29, 1.82) is 0 Å². The summed E-state index contributed by atoms with van der Waals surface area (Å²) in [7, 11) is 0. The molecular formula is C20H16F2N2O3. The Labute approximate surface area is 154 Å². The average Bonchev–Trinajstić information content (AvgIpc) is 3.43. The molecule has 4 rings (SSSR count). The maximum atomic E-state index is 14.1. The predicted molar refractivity (Wildman–Crippen MR) is 92.9 cm³/mol. The summed E-state index contributed by atoms with van der Waals surface area (Å²) in [4.78, 5) is 40.6. The molecule has 5 nitrogen and oxygen atoms in total. The Hall–Kier alpha value is -3.09. The molecule has 1 aliphatic carbocycles. The molecule has 0 spiro atoms. The Morgan fingerprint density at radius 1 is 1.00 bits per heavy atom.